The lowest BCUT2D eigenvalue weighted by molar-refractivity contribution is 0.183. The number of ether oxygens (including phenoxy) is 1. The number of aromatic nitrogens is 2. The van der Waals surface area contributed by atoms with Crippen molar-refractivity contribution >= 4 is 34.3 Å². The zero-order valence-corrected chi connectivity index (χ0v) is 13.2. The molecule has 1 aromatic carbocycles. The van der Waals surface area contributed by atoms with Crippen molar-refractivity contribution in [1.82, 2.24) is 9.55 Å². The third-order valence-corrected chi connectivity index (χ3v) is 4.08. The van der Waals surface area contributed by atoms with Crippen LogP contribution in [0.25, 0.3) is 10.9 Å². The second kappa shape index (κ2) is 6.94. The van der Waals surface area contributed by atoms with E-state index >= 15 is 0 Å². The smallest absolute Gasteiger partial charge is 0.262 e. The van der Waals surface area contributed by atoms with Gasteiger partial charge < -0.3 is 4.74 Å². The first-order chi connectivity index (χ1) is 10.1. The summed E-state index contributed by atoms with van der Waals surface area (Å²) in [5, 5.41) is 10.2. The quantitative estimate of drug-likeness (QED) is 0.625. The van der Waals surface area contributed by atoms with Crippen molar-refractivity contribution in [2.75, 3.05) is 13.7 Å². The van der Waals surface area contributed by atoms with Crippen molar-refractivity contribution in [3.8, 4) is 6.07 Å². The topological polar surface area (TPSA) is 67.9 Å². The Morgan fingerprint density at radius 3 is 3.00 bits per heavy atom. The van der Waals surface area contributed by atoms with E-state index in [1.54, 1.807) is 32.2 Å². The van der Waals surface area contributed by atoms with Gasteiger partial charge in [0.25, 0.3) is 5.56 Å². The Morgan fingerprint density at radius 1 is 1.57 bits per heavy atom. The van der Waals surface area contributed by atoms with Gasteiger partial charge >= 0.3 is 0 Å². The Hall–Kier alpha value is -1.55. The summed E-state index contributed by atoms with van der Waals surface area (Å²) in [6.07, 6.45) is 0. The molecule has 2 aromatic rings. The van der Waals surface area contributed by atoms with E-state index < -0.39 is 0 Å². The largest absolute Gasteiger partial charge is 0.383 e. The molecule has 5 nitrogen and oxygen atoms in total. The van der Waals surface area contributed by atoms with Gasteiger partial charge in [-0.3, -0.25) is 9.36 Å². The average molecular weight is 324 g/mol. The molecule has 0 fully saturated rings. The molecule has 0 N–H and O–H groups in total. The lowest BCUT2D eigenvalue weighted by Gasteiger charge is -2.13. The molecule has 0 saturated heterocycles. The molecule has 1 aromatic heterocycles. The normalized spacial score (nSPS) is 12.3. The van der Waals surface area contributed by atoms with Crippen LogP contribution in [0.15, 0.2) is 28.2 Å². The summed E-state index contributed by atoms with van der Waals surface area (Å²) >= 11 is 7.20. The lowest BCUT2D eigenvalue weighted by Crippen LogP contribution is -2.25. The van der Waals surface area contributed by atoms with E-state index in [-0.39, 0.29) is 10.8 Å². The van der Waals surface area contributed by atoms with Crippen LogP contribution in [0.4, 0.5) is 0 Å². The lowest BCUT2D eigenvalue weighted by atomic mass is 10.2. The molecular weight excluding hydrogens is 310 g/mol. The fourth-order valence-corrected chi connectivity index (χ4v) is 2.82. The van der Waals surface area contributed by atoms with Crippen LogP contribution in [-0.4, -0.2) is 28.5 Å². The number of halogens is 1. The Labute approximate surface area is 131 Å². The molecule has 21 heavy (non-hydrogen) atoms. The minimum Gasteiger partial charge on any atom is -0.383 e. The molecule has 2 rings (SSSR count). The fourth-order valence-electron chi connectivity index (χ4n) is 1.83. The predicted molar refractivity (Wildman–Crippen MR) is 83.8 cm³/mol. The SMILES string of the molecule is COCCn1c(S[C@@H](C)C#N)nc2cc(Cl)ccc2c1=O. The number of rotatable bonds is 5. The van der Waals surface area contributed by atoms with Crippen molar-refractivity contribution in [3.05, 3.63) is 33.6 Å². The molecule has 0 spiro atoms. The number of hydrogen-bond acceptors (Lipinski definition) is 5. The minimum absolute atomic E-state index is 0.152. The van der Waals surface area contributed by atoms with Gasteiger partial charge in [0.15, 0.2) is 5.16 Å². The van der Waals surface area contributed by atoms with Gasteiger partial charge in [0.1, 0.15) is 0 Å². The van der Waals surface area contributed by atoms with Crippen LogP contribution in [0, 0.1) is 11.3 Å². The van der Waals surface area contributed by atoms with Crippen LogP contribution in [-0.2, 0) is 11.3 Å². The van der Waals surface area contributed by atoms with Gasteiger partial charge in [0.2, 0.25) is 0 Å². The van der Waals surface area contributed by atoms with Gasteiger partial charge in [-0.05, 0) is 25.1 Å². The van der Waals surface area contributed by atoms with Crippen LogP contribution >= 0.6 is 23.4 Å². The first-order valence-electron chi connectivity index (χ1n) is 6.32. The number of nitriles is 1. The molecule has 1 heterocycles. The zero-order chi connectivity index (χ0) is 15.4. The number of thioether (sulfide) groups is 1. The van der Waals surface area contributed by atoms with Gasteiger partial charge in [0.05, 0.1) is 35.4 Å². The Kier molecular flexibility index (Phi) is 5.23. The number of nitrogens with zero attached hydrogens (tertiary/aromatic N) is 3. The Balaban J connectivity index is 2.61. The summed E-state index contributed by atoms with van der Waals surface area (Å²) < 4.78 is 6.58. The molecule has 0 aliphatic rings. The molecular formula is C14H14ClN3O2S. The summed E-state index contributed by atoms with van der Waals surface area (Å²) in [7, 11) is 1.57. The monoisotopic (exact) mass is 323 g/mol. The van der Waals surface area contributed by atoms with E-state index in [9.17, 15) is 4.79 Å². The molecule has 0 radical (unpaired) electrons. The molecule has 7 heteroatoms. The van der Waals surface area contributed by atoms with E-state index in [0.29, 0.717) is 34.2 Å². The van der Waals surface area contributed by atoms with Crippen LogP contribution in [0.1, 0.15) is 6.92 Å². The minimum atomic E-state index is -0.303. The maximum atomic E-state index is 12.6. The first-order valence-corrected chi connectivity index (χ1v) is 7.58. The highest BCUT2D eigenvalue weighted by Gasteiger charge is 2.14. The van der Waals surface area contributed by atoms with Crippen LogP contribution in [0.2, 0.25) is 5.02 Å². The van der Waals surface area contributed by atoms with Gasteiger partial charge in [-0.25, -0.2) is 4.98 Å². The Bertz CT molecular complexity index is 754. The highest BCUT2D eigenvalue weighted by atomic mass is 35.5. The fraction of sp³-hybridized carbons (Fsp3) is 0.357. The highest BCUT2D eigenvalue weighted by Crippen LogP contribution is 2.23. The van der Waals surface area contributed by atoms with Crippen LogP contribution < -0.4 is 5.56 Å². The molecule has 0 amide bonds. The zero-order valence-electron chi connectivity index (χ0n) is 11.7. The van der Waals surface area contributed by atoms with Crippen LogP contribution in [0.5, 0.6) is 0 Å². The third-order valence-electron chi connectivity index (χ3n) is 2.87. The van der Waals surface area contributed by atoms with Crippen molar-refractivity contribution in [2.24, 2.45) is 0 Å². The number of benzene rings is 1. The summed E-state index contributed by atoms with van der Waals surface area (Å²) in [6.45, 7) is 2.55. The second-order valence-corrected chi connectivity index (χ2v) is 6.14. The standard InChI is InChI=1S/C14H14ClN3O2S/c1-9(8-16)21-14-17-12-7-10(15)3-4-11(12)13(19)18(14)5-6-20-2/h3-4,7,9H,5-6H2,1-2H3/t9-/m0/s1. The summed E-state index contributed by atoms with van der Waals surface area (Å²) in [5.41, 5.74) is 0.384. The average Bonchev–Trinajstić information content (AvgIpc) is 2.46. The predicted octanol–water partition coefficient (Wildman–Crippen LogP) is 2.70. The van der Waals surface area contributed by atoms with E-state index in [1.807, 2.05) is 0 Å². The number of hydrogen-bond donors (Lipinski definition) is 0. The van der Waals surface area contributed by atoms with Gasteiger partial charge in [-0.15, -0.1) is 0 Å². The van der Waals surface area contributed by atoms with E-state index in [2.05, 4.69) is 11.1 Å². The molecule has 0 saturated carbocycles. The second-order valence-electron chi connectivity index (χ2n) is 4.39. The molecule has 110 valence electrons. The summed E-state index contributed by atoms with van der Waals surface area (Å²) in [4.78, 5) is 17.0. The van der Waals surface area contributed by atoms with Crippen molar-refractivity contribution in [2.45, 2.75) is 23.9 Å². The first kappa shape index (κ1) is 15.8. The molecule has 0 aliphatic heterocycles. The molecule has 0 unspecified atom stereocenters. The molecule has 0 aliphatic carbocycles. The third kappa shape index (κ3) is 3.56. The van der Waals surface area contributed by atoms with E-state index in [1.165, 1.54) is 16.3 Å². The van der Waals surface area contributed by atoms with E-state index in [4.69, 9.17) is 21.6 Å². The summed E-state index contributed by atoms with van der Waals surface area (Å²) in [5.74, 6) is 0. The molecule has 0 bridgehead atoms. The van der Waals surface area contributed by atoms with Crippen molar-refractivity contribution in [3.63, 3.8) is 0 Å². The van der Waals surface area contributed by atoms with Crippen LogP contribution in [0.3, 0.4) is 0 Å². The van der Waals surface area contributed by atoms with Crippen molar-refractivity contribution < 1.29 is 4.74 Å². The molecule has 1 atom stereocenters. The summed E-state index contributed by atoms with van der Waals surface area (Å²) in [6, 6.07) is 7.11. The van der Waals surface area contributed by atoms with Crippen molar-refractivity contribution in [1.29, 1.82) is 5.26 Å². The van der Waals surface area contributed by atoms with E-state index in [0.717, 1.165) is 0 Å². The number of fused-ring (bicyclic) bond motifs is 1. The highest BCUT2D eigenvalue weighted by molar-refractivity contribution is 8.00. The maximum Gasteiger partial charge on any atom is 0.262 e. The van der Waals surface area contributed by atoms with Gasteiger partial charge in [-0.2, -0.15) is 5.26 Å². The van der Waals surface area contributed by atoms with Gasteiger partial charge in [0, 0.05) is 12.1 Å². The maximum absolute atomic E-state index is 12.6. The van der Waals surface area contributed by atoms with Gasteiger partial charge in [-0.1, -0.05) is 23.4 Å². The Morgan fingerprint density at radius 2 is 2.33 bits per heavy atom. The number of methoxy groups -OCH3 is 1.